The maximum atomic E-state index is 11.9. The lowest BCUT2D eigenvalue weighted by Gasteiger charge is -2.06. The van der Waals surface area contributed by atoms with E-state index < -0.39 is 16.0 Å². The molecule has 0 aliphatic carbocycles. The molecule has 0 unspecified atom stereocenters. The number of carbonyl (C=O) groups is 1. The molecular formula is C12H17N5O4S2. The van der Waals surface area contributed by atoms with Gasteiger partial charge in [0, 0.05) is 13.1 Å². The van der Waals surface area contributed by atoms with E-state index in [2.05, 4.69) is 20.2 Å². The number of rotatable bonds is 9. The van der Waals surface area contributed by atoms with Gasteiger partial charge in [0.15, 0.2) is 12.4 Å². The molecule has 11 heteroatoms. The molecule has 9 nitrogen and oxygen atoms in total. The SMILES string of the molecule is CCCn1nnnc1COC(=O)CCNS(=O)(=O)c1cccs1. The summed E-state index contributed by atoms with van der Waals surface area (Å²) in [5.41, 5.74) is 0. The number of ether oxygens (including phenoxy) is 1. The fourth-order valence-corrected chi connectivity index (χ4v) is 3.77. The van der Waals surface area contributed by atoms with Gasteiger partial charge >= 0.3 is 5.97 Å². The molecule has 2 heterocycles. The number of aromatic nitrogens is 4. The highest BCUT2D eigenvalue weighted by Crippen LogP contribution is 2.15. The number of nitrogens with one attached hydrogen (secondary N) is 1. The first-order valence-electron chi connectivity index (χ1n) is 6.96. The fourth-order valence-electron chi connectivity index (χ4n) is 1.70. The summed E-state index contributed by atoms with van der Waals surface area (Å²) in [4.78, 5) is 11.6. The van der Waals surface area contributed by atoms with Crippen LogP contribution >= 0.6 is 11.3 Å². The van der Waals surface area contributed by atoms with E-state index in [1.165, 1.54) is 6.07 Å². The first kappa shape index (κ1) is 17.5. The van der Waals surface area contributed by atoms with Crippen molar-refractivity contribution in [3.63, 3.8) is 0 Å². The lowest BCUT2D eigenvalue weighted by Crippen LogP contribution is -2.26. The number of thiophene rings is 1. The van der Waals surface area contributed by atoms with Crippen LogP contribution in [0.2, 0.25) is 0 Å². The molecule has 0 aliphatic heterocycles. The van der Waals surface area contributed by atoms with Crippen molar-refractivity contribution in [1.82, 2.24) is 24.9 Å². The van der Waals surface area contributed by atoms with Gasteiger partial charge in [0.2, 0.25) is 10.0 Å². The zero-order chi connectivity index (χ0) is 16.7. The lowest BCUT2D eigenvalue weighted by atomic mass is 10.4. The van der Waals surface area contributed by atoms with Crippen LogP contribution in [-0.2, 0) is 32.7 Å². The van der Waals surface area contributed by atoms with Crippen LogP contribution < -0.4 is 4.72 Å². The van der Waals surface area contributed by atoms with Gasteiger partial charge in [-0.2, -0.15) is 0 Å². The van der Waals surface area contributed by atoms with Crippen LogP contribution in [0.25, 0.3) is 0 Å². The average molecular weight is 359 g/mol. The fraction of sp³-hybridized carbons (Fsp3) is 0.500. The second-order valence-corrected chi connectivity index (χ2v) is 7.50. The monoisotopic (exact) mass is 359 g/mol. The number of carbonyl (C=O) groups excluding carboxylic acids is 1. The Morgan fingerprint density at radius 3 is 3.00 bits per heavy atom. The molecule has 1 N–H and O–H groups in total. The molecule has 0 saturated carbocycles. The maximum Gasteiger partial charge on any atom is 0.307 e. The van der Waals surface area contributed by atoms with Gasteiger partial charge in [0.05, 0.1) is 6.42 Å². The third kappa shape index (κ3) is 5.08. The molecule has 0 amide bonds. The maximum absolute atomic E-state index is 11.9. The molecule has 0 bridgehead atoms. The number of sulfonamides is 1. The van der Waals surface area contributed by atoms with Gasteiger partial charge in [-0.15, -0.1) is 16.4 Å². The van der Waals surface area contributed by atoms with Crippen molar-refractivity contribution in [2.24, 2.45) is 0 Å². The van der Waals surface area contributed by atoms with E-state index in [0.29, 0.717) is 12.4 Å². The van der Waals surface area contributed by atoms with Crippen LogP contribution in [0.15, 0.2) is 21.7 Å². The van der Waals surface area contributed by atoms with Crippen LogP contribution in [0.1, 0.15) is 25.6 Å². The van der Waals surface area contributed by atoms with Gasteiger partial charge in [0.1, 0.15) is 4.21 Å². The minimum atomic E-state index is -3.56. The zero-order valence-electron chi connectivity index (χ0n) is 12.5. The van der Waals surface area contributed by atoms with Crippen LogP contribution in [0.5, 0.6) is 0 Å². The summed E-state index contributed by atoms with van der Waals surface area (Å²) in [7, 11) is -3.56. The van der Waals surface area contributed by atoms with Crippen molar-refractivity contribution in [3.05, 3.63) is 23.3 Å². The van der Waals surface area contributed by atoms with Gasteiger partial charge in [-0.3, -0.25) is 4.79 Å². The van der Waals surface area contributed by atoms with Gasteiger partial charge in [-0.1, -0.05) is 13.0 Å². The highest BCUT2D eigenvalue weighted by atomic mass is 32.2. The first-order valence-corrected chi connectivity index (χ1v) is 9.33. The molecule has 2 rings (SSSR count). The normalized spacial score (nSPS) is 11.5. The van der Waals surface area contributed by atoms with Gasteiger partial charge in [-0.05, 0) is 28.3 Å². The van der Waals surface area contributed by atoms with E-state index >= 15 is 0 Å². The summed E-state index contributed by atoms with van der Waals surface area (Å²) in [6.07, 6.45) is 0.788. The zero-order valence-corrected chi connectivity index (χ0v) is 14.1. The topological polar surface area (TPSA) is 116 Å². The quantitative estimate of drug-likeness (QED) is 0.650. The number of nitrogens with zero attached hydrogens (tertiary/aromatic N) is 4. The molecule has 126 valence electrons. The lowest BCUT2D eigenvalue weighted by molar-refractivity contribution is -0.145. The van der Waals surface area contributed by atoms with Crippen LogP contribution in [-0.4, -0.2) is 41.1 Å². The molecule has 2 aromatic rings. The molecule has 0 aromatic carbocycles. The van der Waals surface area contributed by atoms with Crippen LogP contribution in [0, 0.1) is 0 Å². The summed E-state index contributed by atoms with van der Waals surface area (Å²) < 4.78 is 32.9. The molecule has 0 fully saturated rings. The van der Waals surface area contributed by atoms with Crippen molar-refractivity contribution in [3.8, 4) is 0 Å². The van der Waals surface area contributed by atoms with Crippen LogP contribution in [0.3, 0.4) is 0 Å². The number of esters is 1. The smallest absolute Gasteiger partial charge is 0.307 e. The molecule has 0 atom stereocenters. The highest BCUT2D eigenvalue weighted by molar-refractivity contribution is 7.91. The second kappa shape index (κ2) is 8.13. The van der Waals surface area contributed by atoms with Gasteiger partial charge in [0.25, 0.3) is 0 Å². The predicted octanol–water partition coefficient (Wildman–Crippen LogP) is 0.556. The Labute approximate surface area is 137 Å². The minimum absolute atomic E-state index is 0.0288. The Morgan fingerprint density at radius 2 is 2.30 bits per heavy atom. The van der Waals surface area contributed by atoms with Gasteiger partial charge < -0.3 is 4.74 Å². The van der Waals surface area contributed by atoms with E-state index in [1.807, 2.05) is 6.92 Å². The summed E-state index contributed by atoms with van der Waals surface area (Å²) >= 11 is 1.11. The molecule has 2 aromatic heterocycles. The molecular weight excluding hydrogens is 342 g/mol. The Hall–Kier alpha value is -1.85. The van der Waals surface area contributed by atoms with Crippen molar-refractivity contribution >= 4 is 27.3 Å². The summed E-state index contributed by atoms with van der Waals surface area (Å²) in [5.74, 6) is -0.0655. The standard InChI is InChI=1S/C12H17N5O4S2/c1-2-7-17-10(14-15-16-17)9-21-11(18)5-6-13-23(19,20)12-4-3-8-22-12/h3-4,8,13H,2,5-7,9H2,1H3. The second-order valence-electron chi connectivity index (χ2n) is 4.56. The predicted molar refractivity (Wildman–Crippen MR) is 82.0 cm³/mol. The summed E-state index contributed by atoms with van der Waals surface area (Å²) in [6.45, 7) is 2.56. The van der Waals surface area contributed by atoms with Crippen molar-refractivity contribution in [2.75, 3.05) is 6.54 Å². The molecule has 0 aliphatic rings. The van der Waals surface area contributed by atoms with Crippen molar-refractivity contribution in [1.29, 1.82) is 0 Å². The van der Waals surface area contributed by atoms with Crippen LogP contribution in [0.4, 0.5) is 0 Å². The molecule has 23 heavy (non-hydrogen) atoms. The molecule has 0 saturated heterocycles. The first-order chi connectivity index (χ1) is 11.0. The third-order valence-corrected chi connectivity index (χ3v) is 5.64. The largest absolute Gasteiger partial charge is 0.457 e. The van der Waals surface area contributed by atoms with E-state index in [4.69, 9.17) is 4.74 Å². The molecule has 0 radical (unpaired) electrons. The number of tetrazole rings is 1. The highest BCUT2D eigenvalue weighted by Gasteiger charge is 2.15. The number of hydrogen-bond donors (Lipinski definition) is 1. The Balaban J connectivity index is 1.74. The Morgan fingerprint density at radius 1 is 1.48 bits per heavy atom. The van der Waals surface area contributed by atoms with E-state index in [0.717, 1.165) is 17.8 Å². The average Bonchev–Trinajstić information content (AvgIpc) is 3.17. The number of hydrogen-bond acceptors (Lipinski definition) is 8. The van der Waals surface area contributed by atoms with E-state index in [-0.39, 0.29) is 23.8 Å². The van der Waals surface area contributed by atoms with Gasteiger partial charge in [-0.25, -0.2) is 17.8 Å². The Bertz CT molecular complexity index is 726. The Kier molecular flexibility index (Phi) is 6.19. The summed E-state index contributed by atoms with van der Waals surface area (Å²) in [6, 6.07) is 3.15. The third-order valence-electron chi connectivity index (χ3n) is 2.78. The number of aryl methyl sites for hydroxylation is 1. The van der Waals surface area contributed by atoms with E-state index in [1.54, 1.807) is 16.1 Å². The van der Waals surface area contributed by atoms with Crippen molar-refractivity contribution < 1.29 is 17.9 Å². The summed E-state index contributed by atoms with van der Waals surface area (Å²) in [5, 5.41) is 12.7. The molecule has 0 spiro atoms. The minimum Gasteiger partial charge on any atom is -0.457 e. The van der Waals surface area contributed by atoms with E-state index in [9.17, 15) is 13.2 Å². The van der Waals surface area contributed by atoms with Crippen molar-refractivity contribution in [2.45, 2.75) is 37.1 Å².